The van der Waals surface area contributed by atoms with E-state index in [0.29, 0.717) is 16.7 Å². The summed E-state index contributed by atoms with van der Waals surface area (Å²) in [6, 6.07) is 0.593. The second-order valence-corrected chi connectivity index (χ2v) is 6.51. The Morgan fingerprint density at radius 3 is 2.80 bits per heavy atom. The van der Waals surface area contributed by atoms with Gasteiger partial charge in [0.05, 0.1) is 0 Å². The summed E-state index contributed by atoms with van der Waals surface area (Å²) in [5.41, 5.74) is 11.9. The monoisotopic (exact) mass is 295 g/mol. The maximum absolute atomic E-state index is 12.5. The van der Waals surface area contributed by atoms with Crippen molar-refractivity contribution in [2.45, 2.75) is 38.3 Å². The Bertz CT molecular complexity index is 513. The smallest absolute Gasteiger partial charge is 0.268 e. The lowest BCUT2D eigenvalue weighted by Gasteiger charge is -2.19. The molecule has 2 heterocycles. The highest BCUT2D eigenvalue weighted by molar-refractivity contribution is 7.18. The van der Waals surface area contributed by atoms with Gasteiger partial charge in [-0.25, -0.2) is 4.98 Å². The Kier molecular flexibility index (Phi) is 3.55. The lowest BCUT2D eigenvalue weighted by molar-refractivity contribution is 0.0758. The van der Waals surface area contributed by atoms with Crippen molar-refractivity contribution in [1.82, 2.24) is 9.88 Å². The third-order valence-corrected chi connectivity index (χ3v) is 5.04. The number of thiazole rings is 1. The molecule has 1 atom stereocenters. The topological polar surface area (TPSA) is 88.5 Å². The molecule has 1 aliphatic heterocycles. The van der Waals surface area contributed by atoms with Crippen LogP contribution >= 0.6 is 11.3 Å². The fourth-order valence-corrected chi connectivity index (χ4v) is 3.63. The van der Waals surface area contributed by atoms with Crippen LogP contribution in [0.25, 0.3) is 0 Å². The SMILES string of the molecule is CCN(C(=O)c1sc(N2CCC(N)C2)nc1N)C1CC1. The highest BCUT2D eigenvalue weighted by Crippen LogP contribution is 2.34. The van der Waals surface area contributed by atoms with E-state index < -0.39 is 0 Å². The Hall–Kier alpha value is -1.34. The van der Waals surface area contributed by atoms with Crippen molar-refractivity contribution < 1.29 is 4.79 Å². The lowest BCUT2D eigenvalue weighted by Crippen LogP contribution is -2.32. The van der Waals surface area contributed by atoms with E-state index in [4.69, 9.17) is 11.5 Å². The number of nitrogens with zero attached hydrogens (tertiary/aromatic N) is 3. The average Bonchev–Trinajstić information content (AvgIpc) is 3.03. The van der Waals surface area contributed by atoms with Gasteiger partial charge in [0.25, 0.3) is 5.91 Å². The summed E-state index contributed by atoms with van der Waals surface area (Å²) in [4.78, 5) is 21.5. The van der Waals surface area contributed by atoms with E-state index in [1.54, 1.807) is 0 Å². The number of hydrogen-bond acceptors (Lipinski definition) is 6. The number of rotatable bonds is 4. The highest BCUT2D eigenvalue weighted by Gasteiger charge is 2.34. The van der Waals surface area contributed by atoms with Crippen LogP contribution in [0.1, 0.15) is 35.9 Å². The van der Waals surface area contributed by atoms with Crippen molar-refractivity contribution in [3.05, 3.63) is 4.88 Å². The molecule has 1 aliphatic carbocycles. The molecule has 1 saturated carbocycles. The van der Waals surface area contributed by atoms with Crippen molar-refractivity contribution in [2.24, 2.45) is 5.73 Å². The Balaban J connectivity index is 1.79. The third kappa shape index (κ3) is 2.47. The van der Waals surface area contributed by atoms with Gasteiger partial charge in [-0.15, -0.1) is 0 Å². The molecule has 1 saturated heterocycles. The molecule has 1 aromatic heterocycles. The molecule has 2 fully saturated rings. The number of nitrogens with two attached hydrogens (primary N) is 2. The van der Waals surface area contributed by atoms with E-state index in [-0.39, 0.29) is 11.9 Å². The summed E-state index contributed by atoms with van der Waals surface area (Å²) in [5.74, 6) is 0.384. The first kappa shape index (κ1) is 13.6. The molecule has 1 aromatic rings. The predicted octanol–water partition coefficient (Wildman–Crippen LogP) is 0.887. The van der Waals surface area contributed by atoms with Gasteiger partial charge in [-0.1, -0.05) is 11.3 Å². The van der Waals surface area contributed by atoms with Gasteiger partial charge in [0.2, 0.25) is 0 Å². The second kappa shape index (κ2) is 5.21. The van der Waals surface area contributed by atoms with Gasteiger partial charge in [0, 0.05) is 31.7 Å². The molecule has 1 amide bonds. The first-order chi connectivity index (χ1) is 9.60. The molecule has 0 aromatic carbocycles. The van der Waals surface area contributed by atoms with Gasteiger partial charge in [0.1, 0.15) is 10.7 Å². The van der Waals surface area contributed by atoms with Crippen LogP contribution in [-0.4, -0.2) is 47.5 Å². The number of carbonyl (C=O) groups is 1. The fourth-order valence-electron chi connectivity index (χ4n) is 2.65. The standard InChI is InChI=1S/C13H21N5OS/c1-2-18(9-3-4-9)12(19)10-11(15)16-13(20-10)17-6-5-8(14)7-17/h8-9H,2-7,14-15H2,1H3. The Morgan fingerprint density at radius 2 is 2.25 bits per heavy atom. The summed E-state index contributed by atoms with van der Waals surface area (Å²) in [7, 11) is 0. The zero-order chi connectivity index (χ0) is 14.3. The third-order valence-electron chi connectivity index (χ3n) is 3.92. The van der Waals surface area contributed by atoms with Gasteiger partial charge in [-0.3, -0.25) is 4.79 Å². The van der Waals surface area contributed by atoms with Crippen molar-refractivity contribution in [3.8, 4) is 0 Å². The maximum Gasteiger partial charge on any atom is 0.268 e. The van der Waals surface area contributed by atoms with Crippen LogP contribution < -0.4 is 16.4 Å². The summed E-state index contributed by atoms with van der Waals surface area (Å²) < 4.78 is 0. The molecule has 110 valence electrons. The molecule has 20 heavy (non-hydrogen) atoms. The first-order valence-electron chi connectivity index (χ1n) is 7.18. The van der Waals surface area contributed by atoms with Crippen LogP contribution in [0.4, 0.5) is 10.9 Å². The normalized spacial score (nSPS) is 22.3. The molecular formula is C13H21N5OS. The highest BCUT2D eigenvalue weighted by atomic mass is 32.1. The quantitative estimate of drug-likeness (QED) is 0.861. The number of carbonyl (C=O) groups excluding carboxylic acids is 1. The molecule has 0 radical (unpaired) electrons. The Morgan fingerprint density at radius 1 is 1.50 bits per heavy atom. The molecule has 6 nitrogen and oxygen atoms in total. The molecule has 3 rings (SSSR count). The van der Waals surface area contributed by atoms with E-state index in [9.17, 15) is 4.79 Å². The van der Waals surface area contributed by atoms with E-state index in [0.717, 1.165) is 44.0 Å². The average molecular weight is 295 g/mol. The van der Waals surface area contributed by atoms with Crippen LogP contribution in [0, 0.1) is 0 Å². The largest absolute Gasteiger partial charge is 0.382 e. The maximum atomic E-state index is 12.5. The van der Waals surface area contributed by atoms with Crippen LogP contribution in [-0.2, 0) is 0 Å². The summed E-state index contributed by atoms with van der Waals surface area (Å²) in [6.45, 7) is 4.42. The van der Waals surface area contributed by atoms with Gasteiger partial charge < -0.3 is 21.3 Å². The predicted molar refractivity (Wildman–Crippen MR) is 81.1 cm³/mol. The van der Waals surface area contributed by atoms with Crippen LogP contribution in [0.2, 0.25) is 0 Å². The molecule has 1 unspecified atom stereocenters. The van der Waals surface area contributed by atoms with Gasteiger partial charge in [0.15, 0.2) is 5.13 Å². The minimum absolute atomic E-state index is 0.0275. The molecule has 7 heteroatoms. The molecule has 0 spiro atoms. The van der Waals surface area contributed by atoms with Crippen LogP contribution in [0.3, 0.4) is 0 Å². The van der Waals surface area contributed by atoms with Gasteiger partial charge in [-0.2, -0.15) is 0 Å². The summed E-state index contributed by atoms with van der Waals surface area (Å²) >= 11 is 1.40. The molecule has 2 aliphatic rings. The fraction of sp³-hybridized carbons (Fsp3) is 0.692. The van der Waals surface area contributed by atoms with E-state index >= 15 is 0 Å². The zero-order valence-corrected chi connectivity index (χ0v) is 12.5. The van der Waals surface area contributed by atoms with Crippen LogP contribution in [0.15, 0.2) is 0 Å². The minimum Gasteiger partial charge on any atom is -0.382 e. The van der Waals surface area contributed by atoms with E-state index in [1.165, 1.54) is 11.3 Å². The number of amides is 1. The zero-order valence-electron chi connectivity index (χ0n) is 11.7. The van der Waals surface area contributed by atoms with Crippen molar-refractivity contribution in [2.75, 3.05) is 30.3 Å². The summed E-state index contributed by atoms with van der Waals surface area (Å²) in [6.07, 6.45) is 3.17. The van der Waals surface area contributed by atoms with E-state index in [1.807, 2.05) is 11.8 Å². The Labute approximate surface area is 122 Å². The number of nitrogen functional groups attached to an aromatic ring is 1. The first-order valence-corrected chi connectivity index (χ1v) is 7.99. The van der Waals surface area contributed by atoms with Crippen molar-refractivity contribution in [3.63, 3.8) is 0 Å². The van der Waals surface area contributed by atoms with Gasteiger partial charge in [-0.05, 0) is 26.2 Å². The second-order valence-electron chi connectivity index (χ2n) is 5.53. The number of hydrogen-bond donors (Lipinski definition) is 2. The lowest BCUT2D eigenvalue weighted by atomic mass is 10.3. The number of anilines is 2. The molecular weight excluding hydrogens is 274 g/mol. The van der Waals surface area contributed by atoms with Crippen molar-refractivity contribution in [1.29, 1.82) is 0 Å². The molecule has 0 bridgehead atoms. The van der Waals surface area contributed by atoms with Crippen LogP contribution in [0.5, 0.6) is 0 Å². The number of aromatic nitrogens is 1. The summed E-state index contributed by atoms with van der Waals surface area (Å²) in [5, 5.41) is 0.825. The van der Waals surface area contributed by atoms with Gasteiger partial charge >= 0.3 is 0 Å². The minimum atomic E-state index is 0.0275. The molecule has 4 N–H and O–H groups in total. The van der Waals surface area contributed by atoms with E-state index in [2.05, 4.69) is 9.88 Å². The van der Waals surface area contributed by atoms with Crippen molar-refractivity contribution >= 4 is 28.2 Å².